The first-order valence-electron chi connectivity index (χ1n) is 22.8. The van der Waals surface area contributed by atoms with Crippen molar-refractivity contribution in [3.63, 3.8) is 0 Å². The highest BCUT2D eigenvalue weighted by Crippen LogP contribution is 2.42. The van der Waals surface area contributed by atoms with Crippen molar-refractivity contribution in [3.05, 3.63) is 77.6 Å². The summed E-state index contributed by atoms with van der Waals surface area (Å²) in [5.41, 5.74) is 10.4. The summed E-state index contributed by atoms with van der Waals surface area (Å²) < 4.78 is 14.3. The van der Waals surface area contributed by atoms with E-state index in [9.17, 15) is 24.0 Å². The van der Waals surface area contributed by atoms with Crippen molar-refractivity contribution >= 4 is 40.5 Å². The Labute approximate surface area is 382 Å². The minimum Gasteiger partial charge on any atom is -0.464 e. The highest BCUT2D eigenvalue weighted by atomic mass is 16.5. The Bertz CT molecular complexity index is 2500. The number of nitrogens with one attached hydrogen (secondary N) is 2. The molecule has 5 atom stereocenters. The SMILES string of the molecule is C#CC(=O)N1CC[C@H](C(=O)N(C)C(C(=O)N[C@H]2Cc3cccc(c3)-c3ccc4c(c3)c(c(-c3cccnc3[C@H](C)OC)n4CC)CC(C)(C)COC(=O)[C@@H]3CCCN(N3)C2=O)C(C)C)C1. The number of hydrogen-bond acceptors (Lipinski definition) is 9. The molecule has 2 aromatic heterocycles. The number of aromatic nitrogens is 2. The maximum atomic E-state index is 14.7. The van der Waals surface area contributed by atoms with Crippen molar-refractivity contribution in [2.24, 2.45) is 17.3 Å². The molecule has 7 rings (SSSR count). The number of benzene rings is 2. The van der Waals surface area contributed by atoms with Crippen LogP contribution in [0.25, 0.3) is 33.3 Å². The van der Waals surface area contributed by atoms with Gasteiger partial charge >= 0.3 is 5.97 Å². The van der Waals surface area contributed by atoms with Crippen LogP contribution in [0.15, 0.2) is 60.8 Å². The molecule has 0 radical (unpaired) electrons. The molecule has 2 fully saturated rings. The van der Waals surface area contributed by atoms with Crippen LogP contribution in [-0.2, 0) is 52.8 Å². The second kappa shape index (κ2) is 19.6. The Balaban J connectivity index is 1.29. The first-order valence-corrected chi connectivity index (χ1v) is 22.8. The van der Waals surface area contributed by atoms with E-state index in [0.717, 1.165) is 50.1 Å². The van der Waals surface area contributed by atoms with Gasteiger partial charge in [0, 0.05) is 74.8 Å². The lowest BCUT2D eigenvalue weighted by Crippen LogP contribution is -2.62. The van der Waals surface area contributed by atoms with E-state index in [4.69, 9.17) is 20.9 Å². The van der Waals surface area contributed by atoms with Crippen molar-refractivity contribution in [1.82, 2.24) is 35.1 Å². The zero-order chi connectivity index (χ0) is 46.7. The quantitative estimate of drug-likeness (QED) is 0.159. The first-order chi connectivity index (χ1) is 31.0. The number of ether oxygens (including phenoxy) is 2. The molecule has 3 aliphatic heterocycles. The number of methoxy groups -OCH3 is 1. The lowest BCUT2D eigenvalue weighted by Gasteiger charge is -2.37. The zero-order valence-electron chi connectivity index (χ0n) is 39.0. The van der Waals surface area contributed by atoms with Gasteiger partial charge in [-0.05, 0) is 97.9 Å². The summed E-state index contributed by atoms with van der Waals surface area (Å²) in [5.74, 6) is -0.805. The number of carbonyl (C=O) groups is 5. The van der Waals surface area contributed by atoms with Crippen LogP contribution in [0.3, 0.4) is 0 Å². The smallest absolute Gasteiger partial charge is 0.324 e. The van der Waals surface area contributed by atoms with Gasteiger partial charge in [-0.2, -0.15) is 0 Å². The van der Waals surface area contributed by atoms with Crippen LogP contribution in [0.2, 0.25) is 0 Å². The standard InChI is InChI=1S/C51H63N7O7/c1-10-43(59)56-24-21-36(29-56)48(61)55(8)45(31(3)4)47(60)53-41-26-33-15-12-16-34(25-33)35-19-20-42-38(27-35)39(46(57(42)11-2)37-17-13-22-52-44(37)32(5)64-9)28-51(6,7)30-65-50(63)40-18-14-23-58(54-40)49(41)62/h1,12-13,15-17,19-20,22,25,27,31-32,36,40-41,45,54H,11,14,18,21,23-24,26,28-30H2,2-9H3,(H,53,60)/t32-,36-,40-,41-,45?/m0/s1. The van der Waals surface area contributed by atoms with Gasteiger partial charge in [0.05, 0.1) is 30.0 Å². The third-order valence-electron chi connectivity index (χ3n) is 13.2. The molecule has 2 saturated heterocycles. The van der Waals surface area contributed by atoms with Crippen LogP contribution in [0, 0.1) is 29.6 Å². The van der Waals surface area contributed by atoms with Crippen LogP contribution >= 0.6 is 0 Å². The van der Waals surface area contributed by atoms with Gasteiger partial charge < -0.3 is 29.2 Å². The van der Waals surface area contributed by atoms with Gasteiger partial charge in [-0.25, -0.2) is 5.43 Å². The summed E-state index contributed by atoms with van der Waals surface area (Å²) in [4.78, 5) is 76.8. The first kappa shape index (κ1) is 46.9. The fourth-order valence-electron chi connectivity index (χ4n) is 9.83. The lowest BCUT2D eigenvalue weighted by atomic mass is 9.84. The van der Waals surface area contributed by atoms with E-state index >= 15 is 0 Å². The number of amides is 4. The molecule has 65 heavy (non-hydrogen) atoms. The molecule has 3 aliphatic rings. The van der Waals surface area contributed by atoms with Gasteiger partial charge in [0.25, 0.3) is 11.8 Å². The van der Waals surface area contributed by atoms with Crippen LogP contribution in [0.4, 0.5) is 0 Å². The summed E-state index contributed by atoms with van der Waals surface area (Å²) in [6, 6.07) is 15.8. The second-order valence-corrected chi connectivity index (χ2v) is 18.9. The summed E-state index contributed by atoms with van der Waals surface area (Å²) in [7, 11) is 3.28. The van der Waals surface area contributed by atoms with E-state index in [-0.39, 0.29) is 37.5 Å². The van der Waals surface area contributed by atoms with Crippen molar-refractivity contribution in [1.29, 1.82) is 0 Å². The van der Waals surface area contributed by atoms with Gasteiger partial charge in [0.1, 0.15) is 18.1 Å². The second-order valence-electron chi connectivity index (χ2n) is 18.9. The number of aryl methyl sites for hydroxylation is 1. The van der Waals surface area contributed by atoms with Crippen molar-refractivity contribution in [3.8, 4) is 34.7 Å². The number of likely N-dealkylation sites (tertiary alicyclic amines) is 1. The maximum absolute atomic E-state index is 14.7. The van der Waals surface area contributed by atoms with E-state index < -0.39 is 53.1 Å². The number of likely N-dealkylation sites (N-methyl/N-ethyl adjacent to an activating group) is 1. The molecular formula is C51H63N7O7. The third-order valence-corrected chi connectivity index (χ3v) is 13.2. The predicted octanol–water partition coefficient (Wildman–Crippen LogP) is 5.71. The molecule has 14 heteroatoms. The van der Waals surface area contributed by atoms with Crippen LogP contribution in [-0.4, -0.2) is 112 Å². The molecule has 2 aromatic carbocycles. The van der Waals surface area contributed by atoms with E-state index in [1.807, 2.05) is 45.0 Å². The molecule has 5 heterocycles. The number of nitrogens with zero attached hydrogens (tertiary/aromatic N) is 5. The van der Waals surface area contributed by atoms with Crippen LogP contribution < -0.4 is 10.7 Å². The van der Waals surface area contributed by atoms with Crippen LogP contribution in [0.1, 0.15) is 83.7 Å². The Hall–Kier alpha value is -6.04. The average Bonchev–Trinajstić information content (AvgIpc) is 3.92. The lowest BCUT2D eigenvalue weighted by molar-refractivity contribution is -0.155. The van der Waals surface area contributed by atoms with Gasteiger partial charge in [-0.15, -0.1) is 6.42 Å². The number of hydrogen-bond donors (Lipinski definition) is 2. The maximum Gasteiger partial charge on any atom is 0.324 e. The Kier molecular flexibility index (Phi) is 14.2. The van der Waals surface area contributed by atoms with E-state index in [2.05, 4.69) is 72.3 Å². The van der Waals surface area contributed by atoms with Gasteiger partial charge in [0.2, 0.25) is 11.8 Å². The molecule has 14 nitrogen and oxygen atoms in total. The van der Waals surface area contributed by atoms with Gasteiger partial charge in [-0.3, -0.25) is 34.0 Å². The normalized spacial score (nSPS) is 21.0. The van der Waals surface area contributed by atoms with E-state index in [1.54, 1.807) is 20.4 Å². The number of cyclic esters (lactones) is 1. The molecular weight excluding hydrogens is 823 g/mol. The fourth-order valence-corrected chi connectivity index (χ4v) is 9.83. The van der Waals surface area contributed by atoms with Gasteiger partial charge in [0.15, 0.2) is 0 Å². The van der Waals surface area contributed by atoms with Crippen molar-refractivity contribution in [2.45, 2.75) is 104 Å². The summed E-state index contributed by atoms with van der Waals surface area (Å²) >= 11 is 0. The number of pyridine rings is 1. The van der Waals surface area contributed by atoms with Crippen molar-refractivity contribution < 1.29 is 33.4 Å². The highest BCUT2D eigenvalue weighted by molar-refractivity contribution is 5.97. The molecule has 0 aliphatic carbocycles. The number of esters is 1. The molecule has 344 valence electrons. The summed E-state index contributed by atoms with van der Waals surface area (Å²) in [5, 5.41) is 5.55. The predicted molar refractivity (Wildman–Crippen MR) is 249 cm³/mol. The molecule has 4 amide bonds. The monoisotopic (exact) mass is 885 g/mol. The van der Waals surface area contributed by atoms with E-state index in [1.165, 1.54) is 14.8 Å². The van der Waals surface area contributed by atoms with Gasteiger partial charge in [-0.1, -0.05) is 58.0 Å². The molecule has 0 spiro atoms. The minimum atomic E-state index is -1.06. The molecule has 1 unspecified atom stereocenters. The molecule has 0 saturated carbocycles. The topological polar surface area (TPSA) is 155 Å². The number of hydrazine groups is 1. The van der Waals surface area contributed by atoms with Crippen LogP contribution in [0.5, 0.6) is 0 Å². The molecule has 2 N–H and O–H groups in total. The number of terminal acetylenes is 1. The van der Waals surface area contributed by atoms with E-state index in [0.29, 0.717) is 45.3 Å². The number of fused-ring (bicyclic) bond motifs is 6. The minimum absolute atomic E-state index is 0.132. The zero-order valence-corrected chi connectivity index (χ0v) is 39.0. The Morgan fingerprint density at radius 2 is 1.83 bits per heavy atom. The molecule has 4 aromatic rings. The largest absolute Gasteiger partial charge is 0.464 e. The highest BCUT2D eigenvalue weighted by Gasteiger charge is 2.40. The summed E-state index contributed by atoms with van der Waals surface area (Å²) in [6.45, 7) is 13.7. The Morgan fingerprint density at radius 3 is 2.55 bits per heavy atom. The Morgan fingerprint density at radius 1 is 1.06 bits per heavy atom. The summed E-state index contributed by atoms with van der Waals surface area (Å²) in [6.07, 6.45) is 9.04. The number of rotatable bonds is 9. The van der Waals surface area contributed by atoms with Crippen molar-refractivity contribution in [2.75, 3.05) is 40.4 Å². The number of carbonyl (C=O) groups excluding carboxylic acids is 5. The average molecular weight is 886 g/mol. The fraction of sp³-hybridized carbons (Fsp3) is 0.490. The molecule has 6 bridgehead atoms. The third kappa shape index (κ3) is 9.82.